The highest BCUT2D eigenvalue weighted by Crippen LogP contribution is 2.34. The molecule has 0 radical (unpaired) electrons. The summed E-state index contributed by atoms with van der Waals surface area (Å²) in [5.41, 5.74) is 2.54. The van der Waals surface area contributed by atoms with Gasteiger partial charge in [-0.15, -0.1) is 0 Å². The van der Waals surface area contributed by atoms with Crippen molar-refractivity contribution >= 4 is 33.6 Å². The van der Waals surface area contributed by atoms with Gasteiger partial charge in [-0.1, -0.05) is 33.8 Å². The van der Waals surface area contributed by atoms with Crippen molar-refractivity contribution < 1.29 is 9.53 Å². The fourth-order valence-corrected chi connectivity index (χ4v) is 4.10. The first-order valence-electron chi connectivity index (χ1n) is 8.56. The summed E-state index contributed by atoms with van der Waals surface area (Å²) in [6.45, 7) is 0.589. The first-order chi connectivity index (χ1) is 13.2. The SMILES string of the molecule is CSc1nccn1-c1cccc(C(=O)NC2CCOc3ccc(Br)cc32)c1. The van der Waals surface area contributed by atoms with Crippen LogP contribution in [0.1, 0.15) is 28.4 Å². The lowest BCUT2D eigenvalue weighted by Gasteiger charge is -2.27. The van der Waals surface area contributed by atoms with E-state index in [2.05, 4.69) is 26.2 Å². The van der Waals surface area contributed by atoms with Crippen LogP contribution in [0.4, 0.5) is 0 Å². The predicted molar refractivity (Wildman–Crippen MR) is 110 cm³/mol. The largest absolute Gasteiger partial charge is 0.493 e. The second-order valence-electron chi connectivity index (χ2n) is 6.18. The number of fused-ring (bicyclic) bond motifs is 1. The zero-order valence-corrected chi connectivity index (χ0v) is 17.1. The number of ether oxygens (including phenoxy) is 1. The molecule has 138 valence electrons. The molecule has 1 atom stereocenters. The maximum absolute atomic E-state index is 12.9. The molecule has 0 spiro atoms. The summed E-state index contributed by atoms with van der Waals surface area (Å²) < 4.78 is 8.65. The van der Waals surface area contributed by atoms with Gasteiger partial charge in [0.05, 0.1) is 12.6 Å². The minimum Gasteiger partial charge on any atom is -0.493 e. The zero-order chi connectivity index (χ0) is 18.8. The van der Waals surface area contributed by atoms with E-state index < -0.39 is 0 Å². The van der Waals surface area contributed by atoms with Crippen LogP contribution in [0.5, 0.6) is 5.75 Å². The van der Waals surface area contributed by atoms with E-state index in [1.54, 1.807) is 18.0 Å². The van der Waals surface area contributed by atoms with Crippen LogP contribution in [0.15, 0.2) is 64.5 Å². The lowest BCUT2D eigenvalue weighted by molar-refractivity contribution is 0.0924. The van der Waals surface area contributed by atoms with Gasteiger partial charge in [0.1, 0.15) is 5.75 Å². The Morgan fingerprint density at radius 1 is 1.33 bits per heavy atom. The van der Waals surface area contributed by atoms with Gasteiger partial charge in [-0.2, -0.15) is 0 Å². The van der Waals surface area contributed by atoms with Gasteiger partial charge < -0.3 is 10.1 Å². The molecule has 3 aromatic rings. The molecule has 0 bridgehead atoms. The number of benzene rings is 2. The molecule has 1 unspecified atom stereocenters. The van der Waals surface area contributed by atoms with Gasteiger partial charge in [0, 0.05) is 40.1 Å². The molecule has 0 fully saturated rings. The molecule has 1 amide bonds. The highest BCUT2D eigenvalue weighted by atomic mass is 79.9. The number of hydrogen-bond donors (Lipinski definition) is 1. The van der Waals surface area contributed by atoms with E-state index in [-0.39, 0.29) is 11.9 Å². The molecule has 0 aliphatic carbocycles. The zero-order valence-electron chi connectivity index (χ0n) is 14.7. The highest BCUT2D eigenvalue weighted by molar-refractivity contribution is 9.10. The van der Waals surface area contributed by atoms with Crippen LogP contribution in [0, 0.1) is 0 Å². The molecule has 7 heteroatoms. The smallest absolute Gasteiger partial charge is 0.251 e. The number of carbonyl (C=O) groups excluding carboxylic acids is 1. The average Bonchev–Trinajstić information content (AvgIpc) is 3.17. The Balaban J connectivity index is 1.58. The Labute approximate surface area is 170 Å². The summed E-state index contributed by atoms with van der Waals surface area (Å²) >= 11 is 5.06. The fourth-order valence-electron chi connectivity index (χ4n) is 3.19. The summed E-state index contributed by atoms with van der Waals surface area (Å²) in [4.78, 5) is 17.2. The van der Waals surface area contributed by atoms with E-state index in [1.165, 1.54) is 0 Å². The standard InChI is InChI=1S/C20H18BrN3O2S/c1-27-20-22-8-9-24(20)15-4-2-3-13(11-15)19(25)23-17-7-10-26-18-6-5-14(21)12-16(17)18/h2-6,8-9,11-12,17H,7,10H2,1H3,(H,23,25). The van der Waals surface area contributed by atoms with Gasteiger partial charge in [0.2, 0.25) is 0 Å². The molecule has 1 aliphatic heterocycles. The van der Waals surface area contributed by atoms with Crippen molar-refractivity contribution in [1.82, 2.24) is 14.9 Å². The quantitative estimate of drug-likeness (QED) is 0.598. The van der Waals surface area contributed by atoms with Gasteiger partial charge >= 0.3 is 0 Å². The van der Waals surface area contributed by atoms with Gasteiger partial charge in [0.25, 0.3) is 5.91 Å². The molecule has 2 aromatic carbocycles. The molecular formula is C20H18BrN3O2S. The van der Waals surface area contributed by atoms with Crippen molar-refractivity contribution in [3.05, 3.63) is 70.5 Å². The number of carbonyl (C=O) groups is 1. The van der Waals surface area contributed by atoms with Crippen molar-refractivity contribution in [3.63, 3.8) is 0 Å². The lowest BCUT2D eigenvalue weighted by atomic mass is 10.00. The van der Waals surface area contributed by atoms with Crippen LogP contribution in [0.3, 0.4) is 0 Å². The number of nitrogens with one attached hydrogen (secondary N) is 1. The predicted octanol–water partition coefficient (Wildman–Crippen LogP) is 4.61. The molecule has 1 aromatic heterocycles. The highest BCUT2D eigenvalue weighted by Gasteiger charge is 2.24. The van der Waals surface area contributed by atoms with Crippen LogP contribution >= 0.6 is 27.7 Å². The molecular weight excluding hydrogens is 426 g/mol. The van der Waals surface area contributed by atoms with E-state index in [1.807, 2.05) is 59.5 Å². The van der Waals surface area contributed by atoms with E-state index in [0.29, 0.717) is 12.2 Å². The summed E-state index contributed by atoms with van der Waals surface area (Å²) in [6, 6.07) is 13.4. The molecule has 2 heterocycles. The molecule has 1 N–H and O–H groups in total. The number of aromatic nitrogens is 2. The van der Waals surface area contributed by atoms with Gasteiger partial charge in [-0.3, -0.25) is 9.36 Å². The maximum atomic E-state index is 12.9. The van der Waals surface area contributed by atoms with Crippen LogP contribution in [0.2, 0.25) is 0 Å². The van der Waals surface area contributed by atoms with Crippen molar-refractivity contribution in [1.29, 1.82) is 0 Å². The van der Waals surface area contributed by atoms with Crippen LogP contribution in [0.25, 0.3) is 5.69 Å². The molecule has 0 saturated heterocycles. The Kier molecular flexibility index (Phi) is 5.22. The van der Waals surface area contributed by atoms with Crippen molar-refractivity contribution in [3.8, 4) is 11.4 Å². The summed E-state index contributed by atoms with van der Waals surface area (Å²) in [5.74, 6) is 0.729. The maximum Gasteiger partial charge on any atom is 0.251 e. The molecule has 1 aliphatic rings. The lowest BCUT2D eigenvalue weighted by Crippen LogP contribution is -2.32. The number of nitrogens with zero attached hydrogens (tertiary/aromatic N) is 2. The number of halogens is 1. The number of imidazole rings is 1. The van der Waals surface area contributed by atoms with Crippen LogP contribution in [-0.2, 0) is 0 Å². The minimum absolute atomic E-state index is 0.0718. The molecule has 27 heavy (non-hydrogen) atoms. The van der Waals surface area contributed by atoms with Crippen molar-refractivity contribution in [2.45, 2.75) is 17.6 Å². The van der Waals surface area contributed by atoms with Crippen molar-refractivity contribution in [2.24, 2.45) is 0 Å². The van der Waals surface area contributed by atoms with E-state index in [0.717, 1.165) is 33.1 Å². The molecule has 5 nitrogen and oxygen atoms in total. The van der Waals surface area contributed by atoms with E-state index >= 15 is 0 Å². The van der Waals surface area contributed by atoms with E-state index in [9.17, 15) is 4.79 Å². The Morgan fingerprint density at radius 2 is 2.22 bits per heavy atom. The molecule has 4 rings (SSSR count). The fraction of sp³-hybridized carbons (Fsp3) is 0.200. The van der Waals surface area contributed by atoms with E-state index in [4.69, 9.17) is 4.74 Å². The third-order valence-corrected chi connectivity index (χ3v) is 5.65. The van der Waals surface area contributed by atoms with Crippen LogP contribution < -0.4 is 10.1 Å². The number of amides is 1. The first kappa shape index (κ1) is 18.1. The topological polar surface area (TPSA) is 56.2 Å². The second-order valence-corrected chi connectivity index (χ2v) is 7.87. The number of thioether (sulfide) groups is 1. The third-order valence-electron chi connectivity index (χ3n) is 4.49. The third kappa shape index (κ3) is 3.75. The summed E-state index contributed by atoms with van der Waals surface area (Å²) in [6.07, 6.45) is 6.38. The summed E-state index contributed by atoms with van der Waals surface area (Å²) in [7, 11) is 0. The Bertz CT molecular complexity index is 989. The normalized spacial score (nSPS) is 15.7. The number of rotatable bonds is 4. The van der Waals surface area contributed by atoms with Gasteiger partial charge in [0.15, 0.2) is 5.16 Å². The van der Waals surface area contributed by atoms with Gasteiger partial charge in [-0.25, -0.2) is 4.98 Å². The minimum atomic E-state index is -0.0968. The second kappa shape index (κ2) is 7.78. The first-order valence-corrected chi connectivity index (χ1v) is 10.6. The summed E-state index contributed by atoms with van der Waals surface area (Å²) in [5, 5.41) is 4.03. The monoisotopic (exact) mass is 443 g/mol. The Hall–Kier alpha value is -2.25. The Morgan fingerprint density at radius 3 is 3.07 bits per heavy atom. The van der Waals surface area contributed by atoms with Crippen molar-refractivity contribution in [2.75, 3.05) is 12.9 Å². The van der Waals surface area contributed by atoms with Crippen LogP contribution in [-0.4, -0.2) is 28.3 Å². The molecule has 0 saturated carbocycles. The average molecular weight is 444 g/mol. The number of hydrogen-bond acceptors (Lipinski definition) is 4. The van der Waals surface area contributed by atoms with Gasteiger partial charge in [-0.05, 0) is 42.7 Å².